The Balaban J connectivity index is 2.45. The van der Waals surface area contributed by atoms with Crippen LogP contribution in [-0.2, 0) is 0 Å². The Kier molecular flexibility index (Phi) is 4.15. The average Bonchev–Trinajstić information content (AvgIpc) is 2.15. The molecule has 0 aliphatic heterocycles. The fourth-order valence-corrected chi connectivity index (χ4v) is 1.74. The number of rotatable bonds is 3. The zero-order chi connectivity index (χ0) is 11.5. The summed E-state index contributed by atoms with van der Waals surface area (Å²) in [6.45, 7) is 4.54. The second-order valence-corrected chi connectivity index (χ2v) is 5.83. The molecule has 0 spiro atoms. The van der Waals surface area contributed by atoms with Gasteiger partial charge in [0.2, 0.25) is 0 Å². The van der Waals surface area contributed by atoms with Crippen LogP contribution >= 0.6 is 0 Å². The molecule has 1 aliphatic carbocycles. The highest BCUT2D eigenvalue weighted by atomic mass is 15.3. The molecular weight excluding hydrogens is 182 g/mol. The summed E-state index contributed by atoms with van der Waals surface area (Å²) in [7, 11) is 6.75. The van der Waals surface area contributed by atoms with Gasteiger partial charge in [0.25, 0.3) is 0 Å². The molecule has 0 heterocycles. The van der Waals surface area contributed by atoms with Crippen molar-refractivity contribution in [1.82, 2.24) is 0 Å². The van der Waals surface area contributed by atoms with Gasteiger partial charge in [-0.15, -0.1) is 0 Å². The molecule has 1 rings (SSSR count). The second-order valence-electron chi connectivity index (χ2n) is 5.83. The van der Waals surface area contributed by atoms with Crippen molar-refractivity contribution in [2.45, 2.75) is 39.2 Å². The summed E-state index contributed by atoms with van der Waals surface area (Å²) in [5.41, 5.74) is 1.57. The van der Waals surface area contributed by atoms with Crippen LogP contribution in [0.2, 0.25) is 0 Å². The lowest BCUT2D eigenvalue weighted by molar-refractivity contribution is -0.887. The van der Waals surface area contributed by atoms with Crippen molar-refractivity contribution >= 4 is 0 Å². The minimum atomic E-state index is 0.608. The van der Waals surface area contributed by atoms with Crippen LogP contribution in [0.1, 0.15) is 33.1 Å². The second kappa shape index (κ2) is 4.98. The van der Waals surface area contributed by atoms with Crippen LogP contribution in [0.5, 0.6) is 0 Å². The van der Waals surface area contributed by atoms with E-state index in [4.69, 9.17) is 0 Å². The van der Waals surface area contributed by atoms with E-state index in [0.29, 0.717) is 6.04 Å². The van der Waals surface area contributed by atoms with E-state index in [2.05, 4.69) is 53.2 Å². The predicted molar refractivity (Wildman–Crippen MR) is 67.7 cm³/mol. The van der Waals surface area contributed by atoms with Crippen molar-refractivity contribution in [3.8, 4) is 0 Å². The Morgan fingerprint density at radius 2 is 2.07 bits per heavy atom. The molecule has 0 aromatic carbocycles. The van der Waals surface area contributed by atoms with E-state index in [1.54, 1.807) is 5.57 Å². The Hall–Kier alpha value is -0.560. The third-order valence-corrected chi connectivity index (χ3v) is 3.56. The Bertz CT molecular complexity index is 255. The van der Waals surface area contributed by atoms with E-state index < -0.39 is 0 Å². The molecule has 0 aromatic heterocycles. The number of quaternary nitrogens is 1. The van der Waals surface area contributed by atoms with E-state index in [-0.39, 0.29) is 0 Å². The van der Waals surface area contributed by atoms with Gasteiger partial charge in [0, 0.05) is 0 Å². The van der Waals surface area contributed by atoms with Crippen LogP contribution in [0.15, 0.2) is 23.8 Å². The normalized spacial score (nSPS) is 25.4. The van der Waals surface area contributed by atoms with Gasteiger partial charge in [-0.3, -0.25) is 0 Å². The van der Waals surface area contributed by atoms with Crippen LogP contribution in [0.25, 0.3) is 0 Å². The van der Waals surface area contributed by atoms with Crippen LogP contribution in [0, 0.1) is 5.92 Å². The fraction of sp³-hybridized carbons (Fsp3) is 0.714. The van der Waals surface area contributed by atoms with Crippen LogP contribution in [0.4, 0.5) is 0 Å². The molecule has 0 fully saturated rings. The van der Waals surface area contributed by atoms with Gasteiger partial charge in [-0.1, -0.05) is 17.7 Å². The SMILES string of the molecule is CC1=CCC(/C=C/C(C)[N+](C)(C)C)CC1. The minimum Gasteiger partial charge on any atom is -0.325 e. The third-order valence-electron chi connectivity index (χ3n) is 3.56. The molecule has 1 nitrogen and oxygen atoms in total. The monoisotopic (exact) mass is 208 g/mol. The van der Waals surface area contributed by atoms with E-state index >= 15 is 0 Å². The first kappa shape index (κ1) is 12.5. The summed E-state index contributed by atoms with van der Waals surface area (Å²) in [5.74, 6) is 0.780. The summed E-state index contributed by atoms with van der Waals surface area (Å²) >= 11 is 0. The van der Waals surface area contributed by atoms with Crippen molar-refractivity contribution in [3.63, 3.8) is 0 Å². The number of likely N-dealkylation sites (N-methyl/N-ethyl adjacent to an activating group) is 1. The first-order chi connectivity index (χ1) is 6.89. The highest BCUT2D eigenvalue weighted by Crippen LogP contribution is 2.24. The number of allylic oxidation sites excluding steroid dienone is 3. The first-order valence-electron chi connectivity index (χ1n) is 6.04. The molecule has 15 heavy (non-hydrogen) atoms. The Morgan fingerprint density at radius 3 is 2.53 bits per heavy atom. The van der Waals surface area contributed by atoms with Gasteiger partial charge >= 0.3 is 0 Å². The van der Waals surface area contributed by atoms with Gasteiger partial charge in [0.15, 0.2) is 0 Å². The molecule has 0 saturated heterocycles. The van der Waals surface area contributed by atoms with E-state index in [9.17, 15) is 0 Å². The quantitative estimate of drug-likeness (QED) is 0.493. The van der Waals surface area contributed by atoms with E-state index in [0.717, 1.165) is 10.4 Å². The standard InChI is InChI=1S/C14H26N/c1-12-6-9-14(10-7-12)11-8-13(2)15(3,4)5/h6,8,11,13-14H,7,9-10H2,1-5H3/q+1/b11-8+. The van der Waals surface area contributed by atoms with Crippen molar-refractivity contribution in [1.29, 1.82) is 0 Å². The van der Waals surface area contributed by atoms with Gasteiger partial charge in [0.1, 0.15) is 6.04 Å². The van der Waals surface area contributed by atoms with Crippen molar-refractivity contribution in [2.24, 2.45) is 5.92 Å². The molecule has 0 amide bonds. The van der Waals surface area contributed by atoms with Crippen molar-refractivity contribution < 1.29 is 4.48 Å². The summed E-state index contributed by atoms with van der Waals surface area (Å²) in [4.78, 5) is 0. The maximum absolute atomic E-state index is 2.43. The lowest BCUT2D eigenvalue weighted by Gasteiger charge is -2.30. The van der Waals surface area contributed by atoms with Gasteiger partial charge in [-0.2, -0.15) is 0 Å². The van der Waals surface area contributed by atoms with Gasteiger partial charge in [0.05, 0.1) is 21.1 Å². The molecule has 0 N–H and O–H groups in total. The topological polar surface area (TPSA) is 0 Å². The minimum absolute atomic E-state index is 0.608. The fourth-order valence-electron chi connectivity index (χ4n) is 1.74. The highest BCUT2D eigenvalue weighted by Gasteiger charge is 2.16. The summed E-state index contributed by atoms with van der Waals surface area (Å²) in [6, 6.07) is 0.608. The Labute approximate surface area is 95.1 Å². The lowest BCUT2D eigenvalue weighted by atomic mass is 9.89. The molecule has 2 unspecified atom stereocenters. The molecule has 0 radical (unpaired) electrons. The van der Waals surface area contributed by atoms with Crippen molar-refractivity contribution in [2.75, 3.05) is 21.1 Å². The molecule has 1 heteroatoms. The number of nitrogens with zero attached hydrogens (tertiary/aromatic N) is 1. The van der Waals surface area contributed by atoms with Gasteiger partial charge in [-0.25, -0.2) is 0 Å². The molecular formula is C14H26N+. The molecule has 0 saturated carbocycles. The largest absolute Gasteiger partial charge is 0.325 e. The van der Waals surface area contributed by atoms with E-state index in [1.807, 2.05) is 0 Å². The zero-order valence-electron chi connectivity index (χ0n) is 11.0. The molecule has 1 aliphatic rings. The summed E-state index contributed by atoms with van der Waals surface area (Å²) < 4.78 is 1.01. The maximum Gasteiger partial charge on any atom is 0.104 e. The maximum atomic E-state index is 2.43. The van der Waals surface area contributed by atoms with Gasteiger partial charge < -0.3 is 4.48 Å². The number of hydrogen-bond acceptors (Lipinski definition) is 0. The highest BCUT2D eigenvalue weighted by molar-refractivity contribution is 5.07. The molecule has 2 atom stereocenters. The van der Waals surface area contributed by atoms with Crippen molar-refractivity contribution in [3.05, 3.63) is 23.8 Å². The summed E-state index contributed by atoms with van der Waals surface area (Å²) in [6.07, 6.45) is 11.1. The zero-order valence-corrected chi connectivity index (χ0v) is 11.0. The predicted octanol–water partition coefficient (Wildman–Crippen LogP) is 3.38. The van der Waals surface area contributed by atoms with Crippen LogP contribution in [-0.4, -0.2) is 31.7 Å². The summed E-state index contributed by atoms with van der Waals surface area (Å²) in [5, 5.41) is 0. The average molecular weight is 208 g/mol. The first-order valence-corrected chi connectivity index (χ1v) is 6.04. The molecule has 86 valence electrons. The molecule has 0 aromatic rings. The Morgan fingerprint density at radius 1 is 1.40 bits per heavy atom. The smallest absolute Gasteiger partial charge is 0.104 e. The molecule has 0 bridgehead atoms. The van der Waals surface area contributed by atoms with Crippen LogP contribution in [0.3, 0.4) is 0 Å². The lowest BCUT2D eigenvalue weighted by Crippen LogP contribution is -2.42. The van der Waals surface area contributed by atoms with E-state index in [1.165, 1.54) is 19.3 Å². The number of hydrogen-bond donors (Lipinski definition) is 0. The third kappa shape index (κ3) is 4.21. The van der Waals surface area contributed by atoms with Gasteiger partial charge in [-0.05, 0) is 45.1 Å². The van der Waals surface area contributed by atoms with Crippen LogP contribution < -0.4 is 0 Å².